The second kappa shape index (κ2) is 6.32. The molecule has 2 aromatic heterocycles. The topological polar surface area (TPSA) is 59.8 Å². The summed E-state index contributed by atoms with van der Waals surface area (Å²) >= 11 is 0. The van der Waals surface area contributed by atoms with E-state index < -0.39 is 5.82 Å². The molecule has 3 aromatic rings. The van der Waals surface area contributed by atoms with Gasteiger partial charge in [-0.1, -0.05) is 24.3 Å². The van der Waals surface area contributed by atoms with Crippen LogP contribution in [-0.2, 0) is 0 Å². The van der Waals surface area contributed by atoms with Crippen molar-refractivity contribution in [1.82, 2.24) is 14.5 Å². The minimum Gasteiger partial charge on any atom is -0.324 e. The van der Waals surface area contributed by atoms with Crippen LogP contribution < -0.4 is 10.9 Å². The monoisotopic (exact) mass is 334 g/mol. The normalized spacial score (nSPS) is 16.3. The maximum absolute atomic E-state index is 13.6. The first-order valence-corrected chi connectivity index (χ1v) is 7.94. The van der Waals surface area contributed by atoms with Gasteiger partial charge in [-0.3, -0.25) is 14.3 Å². The summed E-state index contributed by atoms with van der Waals surface area (Å²) in [6.07, 6.45) is 11.8. The molecule has 1 atom stereocenters. The maximum Gasteiger partial charge on any atom is 0.263 e. The highest BCUT2D eigenvalue weighted by Crippen LogP contribution is 2.24. The van der Waals surface area contributed by atoms with Gasteiger partial charge in [0.25, 0.3) is 5.56 Å². The van der Waals surface area contributed by atoms with Crippen LogP contribution in [0.2, 0.25) is 0 Å². The fraction of sp³-hybridized carbons (Fsp3) is 0.105. The highest BCUT2D eigenvalue weighted by molar-refractivity contribution is 5.79. The molecule has 2 heterocycles. The van der Waals surface area contributed by atoms with Gasteiger partial charge in [0.1, 0.15) is 5.82 Å². The average Bonchev–Trinajstić information content (AvgIpc) is 2.63. The third kappa shape index (κ3) is 2.94. The van der Waals surface area contributed by atoms with Crippen LogP contribution in [0.4, 0.5) is 16.0 Å². The predicted octanol–water partition coefficient (Wildman–Crippen LogP) is 3.73. The van der Waals surface area contributed by atoms with E-state index in [4.69, 9.17) is 0 Å². The smallest absolute Gasteiger partial charge is 0.263 e. The molecule has 124 valence electrons. The number of pyridine rings is 1. The minimum absolute atomic E-state index is 0.154. The molecule has 1 aliphatic carbocycles. The second-order valence-electron chi connectivity index (χ2n) is 5.75. The number of nitrogens with one attached hydrogen (secondary N) is 1. The summed E-state index contributed by atoms with van der Waals surface area (Å²) < 4.78 is 15.2. The number of allylic oxidation sites excluding steroid dienone is 4. The lowest BCUT2D eigenvalue weighted by Gasteiger charge is -2.21. The van der Waals surface area contributed by atoms with Gasteiger partial charge in [0.2, 0.25) is 5.95 Å². The molecule has 1 N–H and O–H groups in total. The highest BCUT2D eigenvalue weighted by atomic mass is 19.1. The fourth-order valence-electron chi connectivity index (χ4n) is 2.89. The summed E-state index contributed by atoms with van der Waals surface area (Å²) in [7, 11) is 0. The number of fused-ring (bicyclic) bond motifs is 1. The number of anilines is 2. The van der Waals surface area contributed by atoms with Crippen molar-refractivity contribution >= 4 is 22.5 Å². The molecule has 6 heteroatoms. The third-order valence-corrected chi connectivity index (χ3v) is 4.07. The van der Waals surface area contributed by atoms with Gasteiger partial charge in [0.15, 0.2) is 0 Å². The van der Waals surface area contributed by atoms with Crippen molar-refractivity contribution in [2.45, 2.75) is 12.5 Å². The van der Waals surface area contributed by atoms with E-state index in [1.165, 1.54) is 18.2 Å². The van der Waals surface area contributed by atoms with Crippen LogP contribution in [0.25, 0.3) is 10.9 Å². The third-order valence-electron chi connectivity index (χ3n) is 4.07. The largest absolute Gasteiger partial charge is 0.324 e. The summed E-state index contributed by atoms with van der Waals surface area (Å²) in [5.74, 6) is -0.0639. The minimum atomic E-state index is -0.426. The lowest BCUT2D eigenvalue weighted by atomic mass is 10.1. The van der Waals surface area contributed by atoms with Gasteiger partial charge >= 0.3 is 0 Å². The number of rotatable bonds is 3. The van der Waals surface area contributed by atoms with Crippen molar-refractivity contribution < 1.29 is 4.39 Å². The Kier molecular flexibility index (Phi) is 3.85. The van der Waals surface area contributed by atoms with E-state index in [1.54, 1.807) is 23.0 Å². The summed E-state index contributed by atoms with van der Waals surface area (Å²) in [5.41, 5.74) is 0.818. The molecule has 1 unspecified atom stereocenters. The van der Waals surface area contributed by atoms with Crippen molar-refractivity contribution in [3.8, 4) is 0 Å². The Bertz CT molecular complexity index is 1040. The highest BCUT2D eigenvalue weighted by Gasteiger charge is 2.18. The Morgan fingerprint density at radius 1 is 1.24 bits per heavy atom. The van der Waals surface area contributed by atoms with Crippen LogP contribution in [0.5, 0.6) is 0 Å². The molecule has 5 nitrogen and oxygen atoms in total. The van der Waals surface area contributed by atoms with Crippen molar-refractivity contribution in [2.24, 2.45) is 0 Å². The summed E-state index contributed by atoms with van der Waals surface area (Å²) in [6, 6.07) is 7.49. The van der Waals surface area contributed by atoms with Crippen molar-refractivity contribution in [1.29, 1.82) is 0 Å². The number of hydrogen-bond acceptors (Lipinski definition) is 4. The quantitative estimate of drug-likeness (QED) is 0.793. The SMILES string of the molecule is O=c1c2ccc(F)cc2nc(Nc2cccnc2)n1C1C=CC=CC1. The van der Waals surface area contributed by atoms with E-state index in [9.17, 15) is 9.18 Å². The maximum atomic E-state index is 13.6. The van der Waals surface area contributed by atoms with Crippen molar-refractivity contribution in [3.05, 3.63) is 83.2 Å². The number of aromatic nitrogens is 3. The molecule has 4 rings (SSSR count). The zero-order valence-corrected chi connectivity index (χ0v) is 13.3. The summed E-state index contributed by atoms with van der Waals surface area (Å²) in [5, 5.41) is 3.52. The van der Waals surface area contributed by atoms with Crippen LogP contribution in [0.3, 0.4) is 0 Å². The Morgan fingerprint density at radius 3 is 2.92 bits per heavy atom. The number of benzene rings is 1. The van der Waals surface area contributed by atoms with Gasteiger partial charge < -0.3 is 5.32 Å². The average molecular weight is 334 g/mol. The molecular weight excluding hydrogens is 319 g/mol. The van der Waals surface area contributed by atoms with Crippen LogP contribution in [0.15, 0.2) is 71.8 Å². The van der Waals surface area contributed by atoms with Gasteiger partial charge in [-0.05, 0) is 30.7 Å². The molecule has 25 heavy (non-hydrogen) atoms. The van der Waals surface area contributed by atoms with Crippen LogP contribution in [0.1, 0.15) is 12.5 Å². The molecule has 0 bridgehead atoms. The first kappa shape index (κ1) is 15.3. The molecule has 0 fully saturated rings. The Morgan fingerprint density at radius 2 is 2.16 bits per heavy atom. The summed E-state index contributed by atoms with van der Waals surface area (Å²) in [4.78, 5) is 21.6. The zero-order chi connectivity index (χ0) is 17.2. The molecular formula is C19H15FN4O. The zero-order valence-electron chi connectivity index (χ0n) is 13.3. The van der Waals surface area contributed by atoms with Crippen LogP contribution in [0, 0.1) is 5.82 Å². The fourth-order valence-corrected chi connectivity index (χ4v) is 2.89. The number of nitrogens with zero attached hydrogens (tertiary/aromatic N) is 3. The van der Waals surface area contributed by atoms with Crippen molar-refractivity contribution in [2.75, 3.05) is 5.32 Å². The first-order chi connectivity index (χ1) is 12.2. The molecule has 0 saturated carbocycles. The lowest BCUT2D eigenvalue weighted by Crippen LogP contribution is -2.27. The van der Waals surface area contributed by atoms with Gasteiger partial charge in [-0.2, -0.15) is 0 Å². The van der Waals surface area contributed by atoms with E-state index in [2.05, 4.69) is 15.3 Å². The summed E-state index contributed by atoms with van der Waals surface area (Å²) in [6.45, 7) is 0. The van der Waals surface area contributed by atoms with Gasteiger partial charge in [0, 0.05) is 12.3 Å². The molecule has 0 saturated heterocycles. The first-order valence-electron chi connectivity index (χ1n) is 7.94. The van der Waals surface area contributed by atoms with Crippen LogP contribution >= 0.6 is 0 Å². The Balaban J connectivity index is 1.92. The second-order valence-corrected chi connectivity index (χ2v) is 5.75. The molecule has 0 aliphatic heterocycles. The van der Waals surface area contributed by atoms with Gasteiger partial charge in [0.05, 0.1) is 28.8 Å². The Hall–Kier alpha value is -3.28. The predicted molar refractivity (Wildman–Crippen MR) is 95.4 cm³/mol. The number of hydrogen-bond donors (Lipinski definition) is 1. The van der Waals surface area contributed by atoms with Crippen molar-refractivity contribution in [3.63, 3.8) is 0 Å². The standard InChI is InChI=1S/C19H15FN4O/c20-13-8-9-16-17(11-13)23-19(22-14-5-4-10-21-12-14)24(18(16)25)15-6-2-1-3-7-15/h1-6,8-12,15H,7H2,(H,22,23). The van der Waals surface area contributed by atoms with E-state index >= 15 is 0 Å². The lowest BCUT2D eigenvalue weighted by molar-refractivity contribution is 0.589. The van der Waals surface area contributed by atoms with Gasteiger partial charge in [-0.15, -0.1) is 0 Å². The van der Waals surface area contributed by atoms with Crippen LogP contribution in [-0.4, -0.2) is 14.5 Å². The molecule has 0 amide bonds. The molecule has 1 aliphatic rings. The van der Waals surface area contributed by atoms with E-state index in [0.717, 1.165) is 0 Å². The molecule has 0 spiro atoms. The van der Waals surface area contributed by atoms with E-state index in [1.807, 2.05) is 30.4 Å². The van der Waals surface area contributed by atoms with Gasteiger partial charge in [-0.25, -0.2) is 9.37 Å². The number of halogens is 1. The molecule has 0 radical (unpaired) electrons. The molecule has 1 aromatic carbocycles. The van der Waals surface area contributed by atoms with E-state index in [0.29, 0.717) is 29.0 Å². The Labute approximate surface area is 143 Å². The van der Waals surface area contributed by atoms with E-state index in [-0.39, 0.29) is 11.6 Å².